The molecule has 0 rings (SSSR count). The second-order valence-electron chi connectivity index (χ2n) is 4.89. The average molecular weight is 386 g/mol. The van der Waals surface area contributed by atoms with Gasteiger partial charge in [-0.3, -0.25) is 0 Å². The van der Waals surface area contributed by atoms with Gasteiger partial charge in [0.15, 0.2) is 0 Å². The summed E-state index contributed by atoms with van der Waals surface area (Å²) in [4.78, 5) is 17.8. The van der Waals surface area contributed by atoms with Crippen molar-refractivity contribution < 1.29 is 39.3 Å². The third-order valence-electron chi connectivity index (χ3n) is 2.48. The predicted molar refractivity (Wildman–Crippen MR) is 87.6 cm³/mol. The number of hydrogen-bond acceptors (Lipinski definition) is 4. The Labute approximate surface area is 151 Å². The number of aliphatic carboxylic acids is 2. The van der Waals surface area contributed by atoms with Crippen LogP contribution >= 0.6 is 7.92 Å². The zero-order chi connectivity index (χ0) is 17.1. The van der Waals surface area contributed by atoms with Gasteiger partial charge >= 0.3 is 19.5 Å². The van der Waals surface area contributed by atoms with E-state index in [-0.39, 0.29) is 19.5 Å². The fraction of sp³-hybridized carbons (Fsp3) is 0.875. The summed E-state index contributed by atoms with van der Waals surface area (Å²) in [6.07, 6.45) is 13.2. The average Bonchev–Trinajstić information content (AvgIpc) is 2.36. The molecule has 0 unspecified atom stereocenters. The van der Waals surface area contributed by atoms with Crippen LogP contribution in [0.3, 0.4) is 0 Å². The van der Waals surface area contributed by atoms with Crippen LogP contribution in [0, 0.1) is 0 Å². The number of unbranched alkanes of at least 4 members (excludes halogenated alkanes) is 3. The molecule has 0 aromatic heterocycles. The van der Waals surface area contributed by atoms with Crippen molar-refractivity contribution in [2.45, 2.75) is 73.1 Å². The molecule has 0 aromatic carbocycles. The van der Waals surface area contributed by atoms with Crippen LogP contribution in [0.25, 0.3) is 0 Å². The summed E-state index contributed by atoms with van der Waals surface area (Å²) in [7, 11) is 0.422. The van der Waals surface area contributed by atoms with Crippen molar-refractivity contribution in [3.05, 3.63) is 0 Å². The minimum atomic E-state index is -1.08. The standard InChI is InChI=1S/C12H27P.2C2H4O2.Zn/c1-4-7-10-13(11-8-5-2)12-9-6-3;2*1-2(3)4;/h4-12H2,1-3H3;2*1H3,(H,3,4);/q;;;+2/p-2. The fourth-order valence-corrected chi connectivity index (χ4v) is 4.44. The summed E-state index contributed by atoms with van der Waals surface area (Å²) < 4.78 is 0. The Kier molecular flexibility index (Phi) is 35.3. The summed E-state index contributed by atoms with van der Waals surface area (Å²) >= 11 is 0. The Hall–Kier alpha value is -0.00662. The summed E-state index contributed by atoms with van der Waals surface area (Å²) in [5, 5.41) is 17.8. The molecule has 0 atom stereocenters. The van der Waals surface area contributed by atoms with Crippen LogP contribution in [0.1, 0.15) is 73.1 Å². The first kappa shape index (κ1) is 29.9. The van der Waals surface area contributed by atoms with Crippen molar-refractivity contribution in [1.29, 1.82) is 0 Å². The molecule has 0 N–H and O–H groups in total. The first-order valence-electron chi connectivity index (χ1n) is 7.89. The van der Waals surface area contributed by atoms with Crippen molar-refractivity contribution >= 4 is 19.9 Å². The van der Waals surface area contributed by atoms with Gasteiger partial charge in [0.05, 0.1) is 0 Å². The van der Waals surface area contributed by atoms with E-state index in [0.717, 1.165) is 13.8 Å². The Balaban J connectivity index is -0.000000150. The number of rotatable bonds is 9. The summed E-state index contributed by atoms with van der Waals surface area (Å²) in [5.41, 5.74) is 0. The van der Waals surface area contributed by atoms with E-state index in [4.69, 9.17) is 19.8 Å². The van der Waals surface area contributed by atoms with Gasteiger partial charge in [0.25, 0.3) is 0 Å². The van der Waals surface area contributed by atoms with E-state index in [1.54, 1.807) is 18.5 Å². The van der Waals surface area contributed by atoms with Gasteiger partial charge in [-0.15, -0.1) is 7.92 Å². The molecule has 0 spiro atoms. The van der Waals surface area contributed by atoms with Crippen molar-refractivity contribution in [1.82, 2.24) is 0 Å². The van der Waals surface area contributed by atoms with Gasteiger partial charge < -0.3 is 19.8 Å². The molecule has 0 saturated carbocycles. The quantitative estimate of drug-likeness (QED) is 0.451. The van der Waals surface area contributed by atoms with E-state index in [1.165, 1.54) is 38.5 Å². The van der Waals surface area contributed by atoms with Crippen LogP contribution in [0.4, 0.5) is 0 Å². The molecule has 0 aromatic rings. The fourth-order valence-electron chi connectivity index (χ4n) is 1.48. The van der Waals surface area contributed by atoms with Gasteiger partial charge in [-0.05, 0) is 51.6 Å². The molecule has 128 valence electrons. The van der Waals surface area contributed by atoms with Crippen molar-refractivity contribution in [2.24, 2.45) is 0 Å². The third kappa shape index (κ3) is 50.1. The maximum Gasteiger partial charge on any atom is 2.00 e. The SMILES string of the molecule is CC(=O)[O-].CC(=O)[O-].CCCCP(CCCC)CCCC.[Zn+2]. The number of carboxylic acids is 2. The Morgan fingerprint density at radius 1 is 0.727 bits per heavy atom. The van der Waals surface area contributed by atoms with Gasteiger partial charge in [0.1, 0.15) is 0 Å². The van der Waals surface area contributed by atoms with E-state index in [9.17, 15) is 0 Å². The zero-order valence-corrected chi connectivity index (χ0v) is 19.0. The third-order valence-corrected chi connectivity index (χ3v) is 5.33. The molecule has 0 amide bonds. The van der Waals surface area contributed by atoms with Gasteiger partial charge in [-0.1, -0.05) is 40.0 Å². The van der Waals surface area contributed by atoms with Gasteiger partial charge in [0.2, 0.25) is 0 Å². The molecular weight excluding hydrogens is 353 g/mol. The minimum Gasteiger partial charge on any atom is -0.550 e. The number of carboxylic acid groups (broad SMARTS) is 2. The van der Waals surface area contributed by atoms with E-state index < -0.39 is 11.9 Å². The molecule has 6 heteroatoms. The van der Waals surface area contributed by atoms with Crippen molar-refractivity contribution in [3.8, 4) is 0 Å². The monoisotopic (exact) mass is 384 g/mol. The maximum absolute atomic E-state index is 8.89. The van der Waals surface area contributed by atoms with Crippen LogP contribution in [0.15, 0.2) is 0 Å². The number of carbonyl (C=O) groups is 2. The van der Waals surface area contributed by atoms with E-state index in [0.29, 0.717) is 7.92 Å². The smallest absolute Gasteiger partial charge is 0.550 e. The summed E-state index contributed by atoms with van der Waals surface area (Å²) in [6.45, 7) is 8.88. The normalized spacial score (nSPS) is 8.82. The first-order chi connectivity index (χ1) is 9.81. The van der Waals surface area contributed by atoms with Crippen LogP contribution in [-0.2, 0) is 29.1 Å². The summed E-state index contributed by atoms with van der Waals surface area (Å²) in [5.74, 6) is -2.17. The molecule has 0 aliphatic heterocycles. The molecule has 22 heavy (non-hydrogen) atoms. The molecule has 4 nitrogen and oxygen atoms in total. The first-order valence-corrected chi connectivity index (χ1v) is 9.78. The van der Waals surface area contributed by atoms with Crippen LogP contribution in [0.2, 0.25) is 0 Å². The largest absolute Gasteiger partial charge is 2.00 e. The van der Waals surface area contributed by atoms with Gasteiger partial charge in [-0.2, -0.15) is 0 Å². The molecular formula is C16H33O4PZn. The molecule has 0 fully saturated rings. The molecule has 0 radical (unpaired) electrons. The van der Waals surface area contributed by atoms with Crippen molar-refractivity contribution in [3.63, 3.8) is 0 Å². The van der Waals surface area contributed by atoms with Gasteiger partial charge in [0, 0.05) is 11.9 Å². The van der Waals surface area contributed by atoms with E-state index >= 15 is 0 Å². The van der Waals surface area contributed by atoms with Crippen LogP contribution < -0.4 is 10.2 Å². The molecule has 0 saturated heterocycles. The van der Waals surface area contributed by atoms with Crippen LogP contribution in [0.5, 0.6) is 0 Å². The Bertz CT molecular complexity index is 199. The van der Waals surface area contributed by atoms with Gasteiger partial charge in [-0.25, -0.2) is 0 Å². The molecule has 0 bridgehead atoms. The molecule has 0 aliphatic carbocycles. The Morgan fingerprint density at radius 3 is 1.05 bits per heavy atom. The topological polar surface area (TPSA) is 80.3 Å². The molecule has 0 aliphatic rings. The zero-order valence-electron chi connectivity index (χ0n) is 15.2. The molecule has 0 heterocycles. The minimum absolute atomic E-state index is 0. The second kappa shape index (κ2) is 25.9. The second-order valence-corrected chi connectivity index (χ2v) is 7.57. The maximum atomic E-state index is 8.89. The number of carbonyl (C=O) groups excluding carboxylic acids is 2. The van der Waals surface area contributed by atoms with E-state index in [1.807, 2.05) is 0 Å². The Morgan fingerprint density at radius 2 is 0.909 bits per heavy atom. The predicted octanol–water partition coefficient (Wildman–Crippen LogP) is 2.38. The van der Waals surface area contributed by atoms with Crippen molar-refractivity contribution in [2.75, 3.05) is 18.5 Å². The number of hydrogen-bond donors (Lipinski definition) is 0. The van der Waals surface area contributed by atoms with Crippen LogP contribution in [-0.4, -0.2) is 30.4 Å². The van der Waals surface area contributed by atoms with E-state index in [2.05, 4.69) is 20.8 Å². The summed E-state index contributed by atoms with van der Waals surface area (Å²) in [6, 6.07) is 0.